The molecular formula is C10H19N3O. The summed E-state index contributed by atoms with van der Waals surface area (Å²) in [5, 5.41) is 3.41. The van der Waals surface area contributed by atoms with Crippen LogP contribution in [0.15, 0.2) is 6.33 Å². The lowest BCUT2D eigenvalue weighted by molar-refractivity contribution is 0.163. The fourth-order valence-electron chi connectivity index (χ4n) is 1.33. The van der Waals surface area contributed by atoms with Gasteiger partial charge in [0.05, 0.1) is 18.6 Å². The average Bonchev–Trinajstić information content (AvgIpc) is 2.59. The number of nitrogens with one attached hydrogen (secondary N) is 2. The first kappa shape index (κ1) is 11.2. The van der Waals surface area contributed by atoms with E-state index >= 15 is 0 Å². The number of imidazole rings is 1. The molecule has 4 heteroatoms. The highest BCUT2D eigenvalue weighted by molar-refractivity contribution is 5.08. The number of aromatic nitrogens is 2. The molecule has 0 bridgehead atoms. The van der Waals surface area contributed by atoms with E-state index in [1.165, 1.54) is 0 Å². The highest BCUT2D eigenvalue weighted by Gasteiger charge is 2.06. The van der Waals surface area contributed by atoms with Crippen molar-refractivity contribution in [2.75, 3.05) is 13.7 Å². The monoisotopic (exact) mass is 197 g/mol. The van der Waals surface area contributed by atoms with Gasteiger partial charge in [0.1, 0.15) is 0 Å². The molecule has 1 aromatic heterocycles. The molecule has 1 heterocycles. The van der Waals surface area contributed by atoms with Gasteiger partial charge in [0.25, 0.3) is 0 Å². The number of rotatable bonds is 6. The minimum atomic E-state index is 0.413. The molecule has 2 N–H and O–H groups in total. The molecule has 0 aliphatic carbocycles. The minimum Gasteiger partial charge on any atom is -0.383 e. The van der Waals surface area contributed by atoms with Crippen molar-refractivity contribution < 1.29 is 4.74 Å². The maximum atomic E-state index is 5.10. The Balaban J connectivity index is 2.35. The van der Waals surface area contributed by atoms with Gasteiger partial charge < -0.3 is 15.0 Å². The van der Waals surface area contributed by atoms with E-state index in [1.807, 2.05) is 6.92 Å². The highest BCUT2D eigenvalue weighted by atomic mass is 16.5. The van der Waals surface area contributed by atoms with Gasteiger partial charge in [0, 0.05) is 25.4 Å². The first-order chi connectivity index (χ1) is 6.77. The molecule has 0 spiro atoms. The second-order valence-corrected chi connectivity index (χ2v) is 3.42. The van der Waals surface area contributed by atoms with Crippen LogP contribution in [-0.2, 0) is 11.3 Å². The van der Waals surface area contributed by atoms with E-state index in [2.05, 4.69) is 22.2 Å². The Bertz CT molecular complexity index is 260. The summed E-state index contributed by atoms with van der Waals surface area (Å²) in [5.74, 6) is 0. The Morgan fingerprint density at radius 2 is 2.43 bits per heavy atom. The predicted molar refractivity (Wildman–Crippen MR) is 56.1 cm³/mol. The van der Waals surface area contributed by atoms with E-state index in [4.69, 9.17) is 4.74 Å². The Kier molecular flexibility index (Phi) is 4.62. The quantitative estimate of drug-likeness (QED) is 0.721. The van der Waals surface area contributed by atoms with Crippen molar-refractivity contribution in [3.8, 4) is 0 Å². The van der Waals surface area contributed by atoms with Gasteiger partial charge in [-0.15, -0.1) is 0 Å². The van der Waals surface area contributed by atoms with Crippen molar-refractivity contribution in [2.45, 2.75) is 32.9 Å². The third-order valence-corrected chi connectivity index (χ3v) is 2.35. The molecule has 0 aliphatic rings. The summed E-state index contributed by atoms with van der Waals surface area (Å²) in [6.07, 6.45) is 2.79. The summed E-state index contributed by atoms with van der Waals surface area (Å²) < 4.78 is 5.10. The van der Waals surface area contributed by atoms with Crippen LogP contribution in [0.1, 0.15) is 24.7 Å². The number of hydrogen-bond donors (Lipinski definition) is 2. The lowest BCUT2D eigenvalue weighted by Crippen LogP contribution is -2.32. The van der Waals surface area contributed by atoms with Gasteiger partial charge >= 0.3 is 0 Å². The molecule has 0 aliphatic heterocycles. The van der Waals surface area contributed by atoms with Crippen LogP contribution in [0.25, 0.3) is 0 Å². The molecule has 0 amide bonds. The predicted octanol–water partition coefficient (Wildman–Crippen LogP) is 1.23. The number of methoxy groups -OCH3 is 1. The Morgan fingerprint density at radius 3 is 2.93 bits per heavy atom. The average molecular weight is 197 g/mol. The van der Waals surface area contributed by atoms with Gasteiger partial charge in [0.2, 0.25) is 0 Å². The Morgan fingerprint density at radius 1 is 1.64 bits per heavy atom. The van der Waals surface area contributed by atoms with Crippen molar-refractivity contribution in [3.05, 3.63) is 17.7 Å². The first-order valence-corrected chi connectivity index (χ1v) is 4.99. The van der Waals surface area contributed by atoms with Crippen molar-refractivity contribution in [2.24, 2.45) is 0 Å². The molecule has 1 atom stereocenters. The zero-order valence-electron chi connectivity index (χ0n) is 9.13. The zero-order valence-corrected chi connectivity index (χ0v) is 9.13. The molecule has 80 valence electrons. The topological polar surface area (TPSA) is 49.9 Å². The van der Waals surface area contributed by atoms with E-state index in [0.29, 0.717) is 6.04 Å². The highest BCUT2D eigenvalue weighted by Crippen LogP contribution is 2.01. The van der Waals surface area contributed by atoms with Crippen molar-refractivity contribution in [3.63, 3.8) is 0 Å². The molecule has 0 fully saturated rings. The largest absolute Gasteiger partial charge is 0.383 e. The van der Waals surface area contributed by atoms with Gasteiger partial charge in [-0.3, -0.25) is 0 Å². The number of hydrogen-bond acceptors (Lipinski definition) is 3. The zero-order chi connectivity index (χ0) is 10.4. The van der Waals surface area contributed by atoms with Crippen molar-refractivity contribution in [1.82, 2.24) is 15.3 Å². The van der Waals surface area contributed by atoms with Crippen LogP contribution >= 0.6 is 0 Å². The third kappa shape index (κ3) is 3.12. The molecule has 0 radical (unpaired) electrons. The van der Waals surface area contributed by atoms with Crippen LogP contribution < -0.4 is 5.32 Å². The minimum absolute atomic E-state index is 0.413. The van der Waals surface area contributed by atoms with Gasteiger partial charge in [-0.1, -0.05) is 6.92 Å². The molecular weight excluding hydrogens is 178 g/mol. The smallest absolute Gasteiger partial charge is 0.0925 e. The lowest BCUT2D eigenvalue weighted by atomic mass is 10.2. The van der Waals surface area contributed by atoms with Gasteiger partial charge in [-0.2, -0.15) is 0 Å². The van der Waals surface area contributed by atoms with E-state index < -0.39 is 0 Å². The fourth-order valence-corrected chi connectivity index (χ4v) is 1.33. The van der Waals surface area contributed by atoms with Crippen LogP contribution in [0, 0.1) is 6.92 Å². The van der Waals surface area contributed by atoms with E-state index in [1.54, 1.807) is 13.4 Å². The molecule has 0 aromatic carbocycles. The van der Waals surface area contributed by atoms with E-state index in [-0.39, 0.29) is 0 Å². The molecule has 1 unspecified atom stereocenters. The Labute approximate surface area is 85.1 Å². The molecule has 1 rings (SSSR count). The maximum Gasteiger partial charge on any atom is 0.0925 e. The summed E-state index contributed by atoms with van der Waals surface area (Å²) in [4.78, 5) is 7.28. The Hall–Kier alpha value is -0.870. The summed E-state index contributed by atoms with van der Waals surface area (Å²) >= 11 is 0. The van der Waals surface area contributed by atoms with Crippen LogP contribution in [-0.4, -0.2) is 29.7 Å². The van der Waals surface area contributed by atoms with Crippen LogP contribution in [0.5, 0.6) is 0 Å². The molecule has 0 saturated heterocycles. The second kappa shape index (κ2) is 5.78. The van der Waals surface area contributed by atoms with Gasteiger partial charge in [-0.25, -0.2) is 4.98 Å². The van der Waals surface area contributed by atoms with Crippen LogP contribution in [0.4, 0.5) is 0 Å². The van der Waals surface area contributed by atoms with Crippen LogP contribution in [0.3, 0.4) is 0 Å². The molecule has 14 heavy (non-hydrogen) atoms. The lowest BCUT2D eigenvalue weighted by Gasteiger charge is -2.15. The fraction of sp³-hybridized carbons (Fsp3) is 0.700. The number of aryl methyl sites for hydroxylation is 1. The molecule has 4 nitrogen and oxygen atoms in total. The second-order valence-electron chi connectivity index (χ2n) is 3.42. The summed E-state index contributed by atoms with van der Waals surface area (Å²) in [6.45, 7) is 5.73. The summed E-state index contributed by atoms with van der Waals surface area (Å²) in [6, 6.07) is 0.413. The van der Waals surface area contributed by atoms with Gasteiger partial charge in [-0.05, 0) is 13.3 Å². The van der Waals surface area contributed by atoms with Crippen molar-refractivity contribution in [1.29, 1.82) is 0 Å². The standard InChI is InChI=1S/C10H19N3O/c1-4-9(6-14-3)11-5-10-8(2)12-7-13-10/h7,9,11H,4-6H2,1-3H3,(H,12,13). The molecule has 1 aromatic rings. The van der Waals surface area contributed by atoms with Gasteiger partial charge in [0.15, 0.2) is 0 Å². The number of ether oxygens (including phenoxy) is 1. The molecule has 0 saturated carbocycles. The van der Waals surface area contributed by atoms with Crippen molar-refractivity contribution >= 4 is 0 Å². The maximum absolute atomic E-state index is 5.10. The first-order valence-electron chi connectivity index (χ1n) is 4.99. The van der Waals surface area contributed by atoms with E-state index in [0.717, 1.165) is 31.0 Å². The summed E-state index contributed by atoms with van der Waals surface area (Å²) in [5.41, 5.74) is 2.21. The van der Waals surface area contributed by atoms with E-state index in [9.17, 15) is 0 Å². The third-order valence-electron chi connectivity index (χ3n) is 2.35. The number of aromatic amines is 1. The SMILES string of the molecule is CCC(COC)NCc1nc[nH]c1C. The number of nitrogens with zero attached hydrogens (tertiary/aromatic N) is 1. The van der Waals surface area contributed by atoms with Crippen LogP contribution in [0.2, 0.25) is 0 Å². The number of H-pyrrole nitrogens is 1. The summed E-state index contributed by atoms with van der Waals surface area (Å²) in [7, 11) is 1.73. The normalized spacial score (nSPS) is 13.1.